The van der Waals surface area contributed by atoms with E-state index >= 15 is 0 Å². The number of phenolic OH excluding ortho intramolecular Hbond substituents is 1. The van der Waals surface area contributed by atoms with Gasteiger partial charge in [-0.1, -0.05) is 6.07 Å². The van der Waals surface area contributed by atoms with Gasteiger partial charge in [-0.15, -0.1) is 0 Å². The van der Waals surface area contributed by atoms with Gasteiger partial charge in [-0.05, 0) is 30.9 Å². The molecule has 1 saturated heterocycles. The van der Waals surface area contributed by atoms with Crippen LogP contribution in [0.5, 0.6) is 17.2 Å². The molecular weight excluding hydrogens is 384 g/mol. The molecule has 0 bridgehead atoms. The zero-order valence-electron chi connectivity index (χ0n) is 17.7. The van der Waals surface area contributed by atoms with E-state index in [1.165, 1.54) is 27.2 Å². The molecule has 0 spiro atoms. The van der Waals surface area contributed by atoms with E-state index in [-0.39, 0.29) is 23.9 Å². The van der Waals surface area contributed by atoms with Crippen molar-refractivity contribution in [2.24, 2.45) is 0 Å². The van der Waals surface area contributed by atoms with E-state index in [0.29, 0.717) is 22.8 Å². The van der Waals surface area contributed by atoms with Crippen LogP contribution in [0.4, 0.5) is 0 Å². The molecule has 1 aromatic carbocycles. The summed E-state index contributed by atoms with van der Waals surface area (Å²) < 4.78 is 10.8. The summed E-state index contributed by atoms with van der Waals surface area (Å²) in [5, 5.41) is 10.8. The normalized spacial score (nSPS) is 14.8. The number of benzene rings is 1. The molecule has 1 atom stereocenters. The van der Waals surface area contributed by atoms with Crippen molar-refractivity contribution in [3.05, 3.63) is 47.3 Å². The van der Waals surface area contributed by atoms with Gasteiger partial charge in [0.2, 0.25) is 5.91 Å². The lowest BCUT2D eigenvalue weighted by atomic mass is 9.87. The van der Waals surface area contributed by atoms with Crippen LogP contribution < -0.4 is 9.47 Å². The Morgan fingerprint density at radius 1 is 1.13 bits per heavy atom. The largest absolute Gasteiger partial charge is 0.507 e. The lowest BCUT2D eigenvalue weighted by molar-refractivity contribution is -0.132. The molecule has 3 rings (SSSR count). The number of carbonyl (C=O) groups excluding carboxylic acids is 2. The van der Waals surface area contributed by atoms with Crippen molar-refractivity contribution in [3.63, 3.8) is 0 Å². The minimum atomic E-state index is -0.478. The highest BCUT2D eigenvalue weighted by Crippen LogP contribution is 2.43. The van der Waals surface area contributed by atoms with Crippen LogP contribution in [0.1, 0.15) is 60.1 Å². The number of hydrogen-bond acceptors (Lipinski definition) is 6. The molecule has 7 nitrogen and oxygen atoms in total. The minimum absolute atomic E-state index is 0.0155. The molecule has 2 aromatic rings. The van der Waals surface area contributed by atoms with E-state index in [0.717, 1.165) is 37.9 Å². The van der Waals surface area contributed by atoms with Crippen molar-refractivity contribution in [1.29, 1.82) is 0 Å². The monoisotopic (exact) mass is 412 g/mol. The van der Waals surface area contributed by atoms with Crippen LogP contribution in [-0.2, 0) is 4.79 Å². The molecule has 1 aliphatic rings. The lowest BCUT2D eigenvalue weighted by Gasteiger charge is -2.29. The second-order valence-corrected chi connectivity index (χ2v) is 7.49. The Balaban J connectivity index is 2.03. The van der Waals surface area contributed by atoms with Gasteiger partial charge in [0.1, 0.15) is 22.9 Å². The molecule has 1 fully saturated rings. The smallest absolute Gasteiger partial charge is 0.223 e. The van der Waals surface area contributed by atoms with Crippen molar-refractivity contribution >= 4 is 11.7 Å². The first-order valence-electron chi connectivity index (χ1n) is 10.1. The Morgan fingerprint density at radius 2 is 1.87 bits per heavy atom. The molecule has 1 unspecified atom stereocenters. The Hall–Kier alpha value is -3.09. The number of ketones is 1. The van der Waals surface area contributed by atoms with Gasteiger partial charge in [-0.3, -0.25) is 14.6 Å². The molecule has 0 radical (unpaired) electrons. The van der Waals surface area contributed by atoms with Crippen LogP contribution >= 0.6 is 0 Å². The second kappa shape index (κ2) is 9.61. The van der Waals surface area contributed by atoms with Gasteiger partial charge in [0.05, 0.1) is 14.2 Å². The van der Waals surface area contributed by atoms with Gasteiger partial charge in [-0.2, -0.15) is 0 Å². The molecule has 0 aliphatic carbocycles. The number of carbonyl (C=O) groups is 2. The summed E-state index contributed by atoms with van der Waals surface area (Å²) in [6.45, 7) is 2.95. The molecular formula is C23H28N2O5. The molecule has 1 N–H and O–H groups in total. The summed E-state index contributed by atoms with van der Waals surface area (Å²) >= 11 is 0. The third-order valence-electron chi connectivity index (χ3n) is 5.53. The standard InChI is InChI=1S/C23H28N2O5/c1-15(26)19-8-7-16(14-24-19)18(13-22(28)25-9-5-4-6-10-25)23-20(27)11-17(29-2)12-21(23)30-3/h7-8,11-12,14,18,27H,4-6,9-10,13H2,1-3H3. The number of phenols is 1. The highest BCUT2D eigenvalue weighted by molar-refractivity contribution is 5.92. The first-order valence-corrected chi connectivity index (χ1v) is 10.1. The number of aromatic hydroxyl groups is 1. The summed E-state index contributed by atoms with van der Waals surface area (Å²) in [5.74, 6) is 0.283. The first-order chi connectivity index (χ1) is 14.4. The van der Waals surface area contributed by atoms with Gasteiger partial charge in [-0.25, -0.2) is 0 Å². The van der Waals surface area contributed by atoms with Crippen LogP contribution in [0.25, 0.3) is 0 Å². The zero-order valence-corrected chi connectivity index (χ0v) is 17.7. The Bertz CT molecular complexity index is 905. The fourth-order valence-corrected chi connectivity index (χ4v) is 3.88. The highest BCUT2D eigenvalue weighted by atomic mass is 16.5. The van der Waals surface area contributed by atoms with E-state index in [2.05, 4.69) is 4.98 Å². The van der Waals surface area contributed by atoms with Crippen molar-refractivity contribution in [3.8, 4) is 17.2 Å². The zero-order chi connectivity index (χ0) is 21.7. The lowest BCUT2D eigenvalue weighted by Crippen LogP contribution is -2.36. The van der Waals surface area contributed by atoms with Gasteiger partial charge in [0.25, 0.3) is 0 Å². The maximum absolute atomic E-state index is 13.1. The number of ether oxygens (including phenoxy) is 2. The van der Waals surface area contributed by atoms with Crippen molar-refractivity contribution in [2.45, 2.75) is 38.5 Å². The first kappa shape index (κ1) is 21.6. The molecule has 30 heavy (non-hydrogen) atoms. The Labute approximate surface area is 176 Å². The Morgan fingerprint density at radius 3 is 2.43 bits per heavy atom. The number of aromatic nitrogens is 1. The van der Waals surface area contributed by atoms with Gasteiger partial charge < -0.3 is 19.5 Å². The van der Waals surface area contributed by atoms with E-state index < -0.39 is 5.92 Å². The molecule has 1 aromatic heterocycles. The molecule has 160 valence electrons. The van der Waals surface area contributed by atoms with Crippen LogP contribution in [0, 0.1) is 0 Å². The third-order valence-corrected chi connectivity index (χ3v) is 5.53. The average Bonchev–Trinajstić information content (AvgIpc) is 2.77. The summed E-state index contributed by atoms with van der Waals surface area (Å²) in [4.78, 5) is 30.8. The minimum Gasteiger partial charge on any atom is -0.507 e. The number of rotatable bonds is 7. The fraction of sp³-hybridized carbons (Fsp3) is 0.435. The topological polar surface area (TPSA) is 89.0 Å². The number of likely N-dealkylation sites (tertiary alicyclic amines) is 1. The predicted octanol–water partition coefficient (Wildman–Crippen LogP) is 3.54. The maximum atomic E-state index is 13.1. The van der Waals surface area contributed by atoms with E-state index in [4.69, 9.17) is 9.47 Å². The molecule has 2 heterocycles. The van der Waals surface area contributed by atoms with Gasteiger partial charge in [0, 0.05) is 56.2 Å². The average molecular weight is 412 g/mol. The van der Waals surface area contributed by atoms with Crippen LogP contribution in [0.2, 0.25) is 0 Å². The van der Waals surface area contributed by atoms with Crippen molar-refractivity contribution < 1.29 is 24.2 Å². The molecule has 7 heteroatoms. The summed E-state index contributed by atoms with van der Waals surface area (Å²) in [7, 11) is 3.02. The second-order valence-electron chi connectivity index (χ2n) is 7.49. The third kappa shape index (κ3) is 4.72. The van der Waals surface area contributed by atoms with Crippen molar-refractivity contribution in [1.82, 2.24) is 9.88 Å². The summed E-state index contributed by atoms with van der Waals surface area (Å²) in [6.07, 6.45) is 4.90. The molecule has 0 saturated carbocycles. The van der Waals surface area contributed by atoms with Gasteiger partial charge in [0.15, 0.2) is 5.78 Å². The number of piperidine rings is 1. The predicted molar refractivity (Wildman–Crippen MR) is 112 cm³/mol. The maximum Gasteiger partial charge on any atom is 0.223 e. The number of pyridine rings is 1. The number of Topliss-reactive ketones (excluding diaryl/α,β-unsaturated/α-hetero) is 1. The quantitative estimate of drug-likeness (QED) is 0.700. The van der Waals surface area contributed by atoms with E-state index in [1.807, 2.05) is 4.90 Å². The highest BCUT2D eigenvalue weighted by Gasteiger charge is 2.28. The number of methoxy groups -OCH3 is 2. The number of amides is 1. The number of hydrogen-bond donors (Lipinski definition) is 1. The van der Waals surface area contributed by atoms with E-state index in [9.17, 15) is 14.7 Å². The van der Waals surface area contributed by atoms with Crippen molar-refractivity contribution in [2.75, 3.05) is 27.3 Å². The van der Waals surface area contributed by atoms with E-state index in [1.54, 1.807) is 24.4 Å². The van der Waals surface area contributed by atoms with Crippen LogP contribution in [0.3, 0.4) is 0 Å². The molecule has 1 amide bonds. The fourth-order valence-electron chi connectivity index (χ4n) is 3.88. The number of nitrogens with zero attached hydrogens (tertiary/aromatic N) is 2. The van der Waals surface area contributed by atoms with Gasteiger partial charge >= 0.3 is 0 Å². The molecule has 1 aliphatic heterocycles. The SMILES string of the molecule is COc1cc(O)c(C(CC(=O)N2CCCCC2)c2ccc(C(C)=O)nc2)c(OC)c1. The summed E-state index contributed by atoms with van der Waals surface area (Å²) in [6, 6.07) is 6.61. The summed E-state index contributed by atoms with van der Waals surface area (Å²) in [5.41, 5.74) is 1.58. The van der Waals surface area contributed by atoms with Crippen LogP contribution in [-0.4, -0.2) is 54.0 Å². The Kier molecular flexibility index (Phi) is 6.92. The van der Waals surface area contributed by atoms with Crippen LogP contribution in [0.15, 0.2) is 30.5 Å².